The lowest BCUT2D eigenvalue weighted by atomic mass is 9.81. The van der Waals surface area contributed by atoms with Crippen LogP contribution in [0.15, 0.2) is 18.2 Å². The Bertz CT molecular complexity index is 457. The first kappa shape index (κ1) is 13.8. The lowest BCUT2D eigenvalue weighted by Gasteiger charge is -2.29. The number of hydrogen-bond donors (Lipinski definition) is 2. The molecule has 2 N–H and O–H groups in total. The number of hydrogen-bond acceptors (Lipinski definition) is 2. The Labute approximate surface area is 113 Å². The van der Waals surface area contributed by atoms with E-state index in [1.54, 1.807) is 12.1 Å². The third-order valence-electron chi connectivity index (χ3n) is 3.60. The van der Waals surface area contributed by atoms with Crippen molar-refractivity contribution in [2.24, 2.45) is 5.92 Å². The number of rotatable bonds is 5. The molecule has 1 fully saturated rings. The Morgan fingerprint density at radius 3 is 2.79 bits per heavy atom. The van der Waals surface area contributed by atoms with Crippen LogP contribution in [-0.4, -0.2) is 11.9 Å². The van der Waals surface area contributed by atoms with Gasteiger partial charge in [-0.05, 0) is 37.5 Å². The molecule has 1 unspecified atom stereocenters. The summed E-state index contributed by atoms with van der Waals surface area (Å²) < 4.78 is 13.7. The van der Waals surface area contributed by atoms with Crippen molar-refractivity contribution in [3.63, 3.8) is 0 Å². The monoisotopic (exact) mass is 264 g/mol. The minimum Gasteiger partial charge on any atom is -0.380 e. The molecule has 0 radical (unpaired) electrons. The summed E-state index contributed by atoms with van der Waals surface area (Å²) in [6.45, 7) is 3.51. The van der Waals surface area contributed by atoms with Gasteiger partial charge in [-0.15, -0.1) is 0 Å². The summed E-state index contributed by atoms with van der Waals surface area (Å²) in [5, 5.41) is 5.86. The van der Waals surface area contributed by atoms with Crippen LogP contribution in [0.2, 0.25) is 0 Å². The van der Waals surface area contributed by atoms with Crippen molar-refractivity contribution in [3.05, 3.63) is 24.0 Å². The molecule has 1 saturated carbocycles. The van der Waals surface area contributed by atoms with E-state index in [1.165, 1.54) is 32.3 Å². The lowest BCUT2D eigenvalue weighted by Crippen LogP contribution is -2.23. The average Bonchev–Trinajstić information content (AvgIpc) is 2.27. The van der Waals surface area contributed by atoms with E-state index in [0.717, 1.165) is 12.3 Å². The Balaban J connectivity index is 1.98. The minimum absolute atomic E-state index is 0.153. The van der Waals surface area contributed by atoms with Gasteiger partial charge in [-0.1, -0.05) is 19.3 Å². The minimum atomic E-state index is -0.283. The molecule has 0 aliphatic heterocycles. The van der Waals surface area contributed by atoms with Crippen LogP contribution < -0.4 is 10.6 Å². The van der Waals surface area contributed by atoms with Crippen LogP contribution in [0.1, 0.15) is 39.5 Å². The molecule has 104 valence electrons. The van der Waals surface area contributed by atoms with Gasteiger partial charge in [-0.2, -0.15) is 0 Å². The molecule has 1 aromatic rings. The predicted octanol–water partition coefficient (Wildman–Crippen LogP) is 3.77. The fourth-order valence-electron chi connectivity index (χ4n) is 2.47. The van der Waals surface area contributed by atoms with Crippen LogP contribution >= 0.6 is 0 Å². The average molecular weight is 264 g/mol. The van der Waals surface area contributed by atoms with E-state index in [1.807, 2.05) is 0 Å². The van der Waals surface area contributed by atoms with Crippen molar-refractivity contribution in [2.75, 3.05) is 10.6 Å². The molecular weight excluding hydrogens is 243 g/mol. The van der Waals surface area contributed by atoms with Crippen molar-refractivity contribution in [2.45, 2.75) is 45.6 Å². The second kappa shape index (κ2) is 6.04. The summed E-state index contributed by atoms with van der Waals surface area (Å²) >= 11 is 0. The van der Waals surface area contributed by atoms with E-state index in [4.69, 9.17) is 0 Å². The fourth-order valence-corrected chi connectivity index (χ4v) is 2.47. The Morgan fingerprint density at radius 2 is 2.21 bits per heavy atom. The second-order valence-electron chi connectivity index (χ2n) is 5.45. The Hall–Kier alpha value is -1.58. The van der Waals surface area contributed by atoms with Crippen molar-refractivity contribution >= 4 is 17.3 Å². The van der Waals surface area contributed by atoms with Gasteiger partial charge in [0.25, 0.3) is 0 Å². The molecule has 4 heteroatoms. The van der Waals surface area contributed by atoms with Gasteiger partial charge in [-0.25, -0.2) is 4.39 Å². The number of nitrogens with one attached hydrogen (secondary N) is 2. The molecule has 1 aliphatic carbocycles. The number of benzene rings is 1. The topological polar surface area (TPSA) is 41.1 Å². The molecule has 2 rings (SSSR count). The third-order valence-corrected chi connectivity index (χ3v) is 3.60. The molecule has 0 spiro atoms. The van der Waals surface area contributed by atoms with Gasteiger partial charge in [-0.3, -0.25) is 4.79 Å². The van der Waals surface area contributed by atoms with Gasteiger partial charge in [0.2, 0.25) is 5.91 Å². The summed E-state index contributed by atoms with van der Waals surface area (Å²) in [6, 6.07) is 4.84. The summed E-state index contributed by atoms with van der Waals surface area (Å²) in [6.07, 6.45) is 4.98. The molecule has 1 atom stereocenters. The van der Waals surface area contributed by atoms with E-state index >= 15 is 0 Å². The van der Waals surface area contributed by atoms with E-state index in [0.29, 0.717) is 11.4 Å². The largest absolute Gasteiger partial charge is 0.380 e. The highest BCUT2D eigenvalue weighted by atomic mass is 19.1. The number of halogens is 1. The van der Waals surface area contributed by atoms with Crippen LogP contribution in [0.4, 0.5) is 15.8 Å². The third kappa shape index (κ3) is 3.94. The van der Waals surface area contributed by atoms with Gasteiger partial charge in [0.05, 0.1) is 5.69 Å². The van der Waals surface area contributed by atoms with E-state index in [9.17, 15) is 9.18 Å². The first-order chi connectivity index (χ1) is 9.04. The highest BCUT2D eigenvalue weighted by Crippen LogP contribution is 2.31. The zero-order chi connectivity index (χ0) is 13.8. The Morgan fingerprint density at radius 1 is 1.47 bits per heavy atom. The highest BCUT2D eigenvalue weighted by Gasteiger charge is 2.20. The molecule has 3 nitrogen and oxygen atoms in total. The van der Waals surface area contributed by atoms with E-state index in [2.05, 4.69) is 17.6 Å². The highest BCUT2D eigenvalue weighted by molar-refractivity contribution is 5.89. The molecule has 1 aliphatic rings. The van der Waals surface area contributed by atoms with Crippen LogP contribution in [0.5, 0.6) is 0 Å². The maximum Gasteiger partial charge on any atom is 0.221 e. The molecular formula is C15H21FN2O. The molecule has 0 aromatic heterocycles. The van der Waals surface area contributed by atoms with Gasteiger partial charge in [0.1, 0.15) is 5.82 Å². The van der Waals surface area contributed by atoms with Crippen molar-refractivity contribution < 1.29 is 9.18 Å². The summed E-state index contributed by atoms with van der Waals surface area (Å²) in [5.74, 6) is 0.346. The standard InChI is InChI=1S/C15H21FN2O/c1-10(8-12-4-3-5-12)17-15-9-13(18-11(2)19)6-7-14(15)16/h6-7,9-10,12,17H,3-5,8H2,1-2H3,(H,18,19). The zero-order valence-electron chi connectivity index (χ0n) is 11.5. The predicted molar refractivity (Wildman–Crippen MR) is 75.7 cm³/mol. The first-order valence-corrected chi connectivity index (χ1v) is 6.88. The van der Waals surface area contributed by atoms with Gasteiger partial charge in [0, 0.05) is 18.7 Å². The number of amides is 1. The van der Waals surface area contributed by atoms with Crippen molar-refractivity contribution in [1.29, 1.82) is 0 Å². The van der Waals surface area contributed by atoms with Gasteiger partial charge >= 0.3 is 0 Å². The van der Waals surface area contributed by atoms with Gasteiger partial charge in [0.15, 0.2) is 0 Å². The summed E-state index contributed by atoms with van der Waals surface area (Å²) in [4.78, 5) is 11.0. The van der Waals surface area contributed by atoms with Gasteiger partial charge < -0.3 is 10.6 Å². The second-order valence-corrected chi connectivity index (χ2v) is 5.45. The Kier molecular flexibility index (Phi) is 4.40. The molecule has 19 heavy (non-hydrogen) atoms. The number of carbonyl (C=O) groups excluding carboxylic acids is 1. The van der Waals surface area contributed by atoms with Crippen molar-refractivity contribution in [1.82, 2.24) is 0 Å². The van der Waals surface area contributed by atoms with E-state index < -0.39 is 0 Å². The van der Waals surface area contributed by atoms with E-state index in [-0.39, 0.29) is 17.8 Å². The van der Waals surface area contributed by atoms with Crippen LogP contribution in [0, 0.1) is 11.7 Å². The summed E-state index contributed by atoms with van der Waals surface area (Å²) in [7, 11) is 0. The maximum atomic E-state index is 13.7. The normalized spacial score (nSPS) is 16.6. The quantitative estimate of drug-likeness (QED) is 0.850. The zero-order valence-corrected chi connectivity index (χ0v) is 11.5. The molecule has 0 heterocycles. The maximum absolute atomic E-state index is 13.7. The SMILES string of the molecule is CC(=O)Nc1ccc(F)c(NC(C)CC2CCC2)c1. The van der Waals surface area contributed by atoms with Crippen LogP contribution in [0.25, 0.3) is 0 Å². The smallest absolute Gasteiger partial charge is 0.221 e. The van der Waals surface area contributed by atoms with Crippen molar-refractivity contribution in [3.8, 4) is 0 Å². The summed E-state index contributed by atoms with van der Waals surface area (Å²) in [5.41, 5.74) is 1.07. The molecule has 0 saturated heterocycles. The fraction of sp³-hybridized carbons (Fsp3) is 0.533. The first-order valence-electron chi connectivity index (χ1n) is 6.88. The van der Waals surface area contributed by atoms with Crippen LogP contribution in [0.3, 0.4) is 0 Å². The number of anilines is 2. The number of carbonyl (C=O) groups is 1. The van der Waals surface area contributed by atoms with Crippen LogP contribution in [-0.2, 0) is 4.79 Å². The molecule has 1 aromatic carbocycles. The lowest BCUT2D eigenvalue weighted by molar-refractivity contribution is -0.114. The molecule has 1 amide bonds. The molecule has 0 bridgehead atoms.